The molecule has 0 unspecified atom stereocenters. The van der Waals surface area contributed by atoms with Gasteiger partial charge >= 0.3 is 0 Å². The molecule has 1 fully saturated rings. The number of anilines is 1. The van der Waals surface area contributed by atoms with Crippen LogP contribution in [0.3, 0.4) is 0 Å². The third-order valence-corrected chi connectivity index (χ3v) is 6.36. The van der Waals surface area contributed by atoms with E-state index >= 15 is 0 Å². The van der Waals surface area contributed by atoms with Crippen LogP contribution in [0.15, 0.2) is 42.5 Å². The summed E-state index contributed by atoms with van der Waals surface area (Å²) in [7, 11) is -3.60. The molecule has 0 aromatic heterocycles. The molecule has 0 bridgehead atoms. The largest absolute Gasteiger partial charge is 0.378 e. The summed E-state index contributed by atoms with van der Waals surface area (Å²) in [6.45, 7) is 2.28. The summed E-state index contributed by atoms with van der Waals surface area (Å²) in [6, 6.07) is 11.7. The Bertz CT molecular complexity index is 958. The number of halogens is 2. The van der Waals surface area contributed by atoms with Gasteiger partial charge in [0.15, 0.2) is 0 Å². The van der Waals surface area contributed by atoms with Crippen molar-refractivity contribution in [3.63, 3.8) is 0 Å². The number of nitrogens with zero attached hydrogens (tertiary/aromatic N) is 2. The van der Waals surface area contributed by atoms with E-state index in [0.717, 1.165) is 11.8 Å². The van der Waals surface area contributed by atoms with Gasteiger partial charge in [-0.1, -0.05) is 41.4 Å². The molecule has 0 radical (unpaired) electrons. The number of morpholine rings is 1. The predicted molar refractivity (Wildman–Crippen MR) is 111 cm³/mol. The fraction of sp³-hybridized carbons (Fsp3) is 0.316. The van der Waals surface area contributed by atoms with E-state index in [0.29, 0.717) is 37.6 Å². The van der Waals surface area contributed by atoms with Crippen LogP contribution in [0, 0.1) is 0 Å². The van der Waals surface area contributed by atoms with Crippen LogP contribution in [0.1, 0.15) is 15.9 Å². The second-order valence-electron chi connectivity index (χ2n) is 6.44. The molecule has 1 heterocycles. The number of hydrogen-bond acceptors (Lipinski definition) is 4. The van der Waals surface area contributed by atoms with Gasteiger partial charge in [-0.3, -0.25) is 9.10 Å². The summed E-state index contributed by atoms with van der Waals surface area (Å²) in [5, 5.41) is 0.452. The molecule has 1 saturated heterocycles. The molecule has 0 N–H and O–H groups in total. The molecule has 9 heteroatoms. The van der Waals surface area contributed by atoms with Crippen LogP contribution in [0.2, 0.25) is 10.0 Å². The number of amides is 1. The summed E-state index contributed by atoms with van der Waals surface area (Å²) in [6.07, 6.45) is 1.11. The van der Waals surface area contributed by atoms with E-state index in [1.54, 1.807) is 47.4 Å². The van der Waals surface area contributed by atoms with Gasteiger partial charge in [0, 0.05) is 18.7 Å². The number of ether oxygens (including phenoxy) is 1. The molecule has 2 aromatic rings. The summed E-state index contributed by atoms with van der Waals surface area (Å²) < 4.78 is 31.1. The smallest absolute Gasteiger partial charge is 0.254 e. The average Bonchev–Trinajstić information content (AvgIpc) is 2.68. The van der Waals surface area contributed by atoms with Gasteiger partial charge in [-0.05, 0) is 29.8 Å². The minimum atomic E-state index is -3.60. The molecule has 0 spiro atoms. The Kier molecular flexibility index (Phi) is 6.50. The van der Waals surface area contributed by atoms with E-state index in [4.69, 9.17) is 27.9 Å². The summed E-state index contributed by atoms with van der Waals surface area (Å²) in [5.41, 5.74) is 1.59. The zero-order chi connectivity index (χ0) is 20.3. The minimum absolute atomic E-state index is 0.0623. The zero-order valence-electron chi connectivity index (χ0n) is 15.3. The normalized spacial score (nSPS) is 14.8. The minimum Gasteiger partial charge on any atom is -0.378 e. The van der Waals surface area contributed by atoms with E-state index in [2.05, 4.69) is 0 Å². The third kappa shape index (κ3) is 4.78. The number of benzene rings is 2. The van der Waals surface area contributed by atoms with E-state index in [-0.39, 0.29) is 22.5 Å². The van der Waals surface area contributed by atoms with Crippen LogP contribution in [0.4, 0.5) is 5.69 Å². The SMILES string of the molecule is CS(=O)(=O)N(Cc1ccc(C(=O)N2CCOCC2)cc1)c1cccc(Cl)c1Cl. The molecule has 28 heavy (non-hydrogen) atoms. The monoisotopic (exact) mass is 442 g/mol. The number of rotatable bonds is 5. The van der Waals surface area contributed by atoms with Crippen LogP contribution < -0.4 is 4.31 Å². The summed E-state index contributed by atoms with van der Waals surface area (Å²) in [4.78, 5) is 14.3. The van der Waals surface area contributed by atoms with Gasteiger partial charge in [-0.25, -0.2) is 8.42 Å². The van der Waals surface area contributed by atoms with Gasteiger partial charge in [-0.2, -0.15) is 0 Å². The second-order valence-corrected chi connectivity index (χ2v) is 9.14. The highest BCUT2D eigenvalue weighted by Crippen LogP contribution is 2.34. The van der Waals surface area contributed by atoms with Gasteiger partial charge in [0.25, 0.3) is 5.91 Å². The molecule has 3 rings (SSSR count). The molecule has 0 atom stereocenters. The third-order valence-electron chi connectivity index (χ3n) is 4.43. The molecule has 1 aliphatic rings. The maximum absolute atomic E-state index is 12.5. The molecule has 1 amide bonds. The number of carbonyl (C=O) groups is 1. The Balaban J connectivity index is 1.82. The Morgan fingerprint density at radius 3 is 2.36 bits per heavy atom. The maximum atomic E-state index is 12.5. The highest BCUT2D eigenvalue weighted by molar-refractivity contribution is 7.92. The van der Waals surface area contributed by atoms with E-state index in [9.17, 15) is 13.2 Å². The van der Waals surface area contributed by atoms with Gasteiger partial charge in [0.2, 0.25) is 10.0 Å². The lowest BCUT2D eigenvalue weighted by atomic mass is 10.1. The summed E-state index contributed by atoms with van der Waals surface area (Å²) in [5.74, 6) is -0.0623. The van der Waals surface area contributed by atoms with E-state index in [1.807, 2.05) is 0 Å². The van der Waals surface area contributed by atoms with Crippen LogP contribution >= 0.6 is 23.2 Å². The Morgan fingerprint density at radius 2 is 1.75 bits per heavy atom. The van der Waals surface area contributed by atoms with Crippen molar-refractivity contribution in [2.45, 2.75) is 6.54 Å². The molecule has 1 aliphatic heterocycles. The first-order valence-corrected chi connectivity index (χ1v) is 11.3. The number of hydrogen-bond donors (Lipinski definition) is 0. The summed E-state index contributed by atoms with van der Waals surface area (Å²) >= 11 is 12.3. The lowest BCUT2D eigenvalue weighted by Gasteiger charge is -2.27. The number of sulfonamides is 1. The second kappa shape index (κ2) is 8.69. The van der Waals surface area contributed by atoms with Gasteiger partial charge in [0.05, 0.1) is 41.7 Å². The fourth-order valence-corrected chi connectivity index (χ4v) is 4.27. The highest BCUT2D eigenvalue weighted by Gasteiger charge is 2.22. The zero-order valence-corrected chi connectivity index (χ0v) is 17.6. The van der Waals surface area contributed by atoms with Crippen molar-refractivity contribution >= 4 is 44.8 Å². The topological polar surface area (TPSA) is 66.9 Å². The molecule has 150 valence electrons. The molecule has 2 aromatic carbocycles. The van der Waals surface area contributed by atoms with Crippen molar-refractivity contribution in [3.05, 3.63) is 63.6 Å². The molecule has 6 nitrogen and oxygen atoms in total. The molecule has 0 saturated carbocycles. The van der Waals surface area contributed by atoms with Crippen molar-refractivity contribution in [3.8, 4) is 0 Å². The van der Waals surface area contributed by atoms with Crippen molar-refractivity contribution in [1.29, 1.82) is 0 Å². The molecular weight excluding hydrogens is 423 g/mol. The molecular formula is C19H20Cl2N2O4S. The molecule has 0 aliphatic carbocycles. The Morgan fingerprint density at radius 1 is 1.11 bits per heavy atom. The van der Waals surface area contributed by atoms with Crippen LogP contribution in [0.25, 0.3) is 0 Å². The number of carbonyl (C=O) groups excluding carboxylic acids is 1. The van der Waals surface area contributed by atoms with Gasteiger partial charge in [0.1, 0.15) is 0 Å². The lowest BCUT2D eigenvalue weighted by Crippen LogP contribution is -2.40. The lowest BCUT2D eigenvalue weighted by molar-refractivity contribution is 0.0303. The Hall–Kier alpha value is -1.80. The highest BCUT2D eigenvalue weighted by atomic mass is 35.5. The van der Waals surface area contributed by atoms with Crippen LogP contribution in [-0.2, 0) is 21.3 Å². The van der Waals surface area contributed by atoms with Crippen molar-refractivity contribution in [2.24, 2.45) is 0 Å². The Labute approximate surface area is 174 Å². The van der Waals surface area contributed by atoms with Crippen LogP contribution in [-0.4, -0.2) is 51.8 Å². The fourth-order valence-electron chi connectivity index (χ4n) is 2.93. The first-order valence-electron chi connectivity index (χ1n) is 8.65. The first kappa shape index (κ1) is 20.9. The predicted octanol–water partition coefficient (Wildman–Crippen LogP) is 3.43. The van der Waals surface area contributed by atoms with Gasteiger partial charge < -0.3 is 9.64 Å². The quantitative estimate of drug-likeness (QED) is 0.710. The standard InChI is InChI=1S/C19H20Cl2N2O4S/c1-28(25,26)23(17-4-2-3-16(20)18(17)21)13-14-5-7-15(8-6-14)19(24)22-9-11-27-12-10-22/h2-8H,9-13H2,1H3. The van der Waals surface area contributed by atoms with Crippen molar-refractivity contribution < 1.29 is 17.9 Å². The van der Waals surface area contributed by atoms with Crippen LogP contribution in [0.5, 0.6) is 0 Å². The van der Waals surface area contributed by atoms with E-state index in [1.165, 1.54) is 4.31 Å². The first-order chi connectivity index (χ1) is 13.3. The van der Waals surface area contributed by atoms with Crippen molar-refractivity contribution in [1.82, 2.24) is 4.90 Å². The average molecular weight is 443 g/mol. The van der Waals surface area contributed by atoms with Crippen molar-refractivity contribution in [2.75, 3.05) is 36.9 Å². The van der Waals surface area contributed by atoms with Gasteiger partial charge in [-0.15, -0.1) is 0 Å². The van der Waals surface area contributed by atoms with E-state index < -0.39 is 10.0 Å². The maximum Gasteiger partial charge on any atom is 0.254 e.